The van der Waals surface area contributed by atoms with Crippen LogP contribution in [0.15, 0.2) is 0 Å². The number of ether oxygens (including phenoxy) is 2. The highest BCUT2D eigenvalue weighted by Crippen LogP contribution is 1.90. The van der Waals surface area contributed by atoms with Crippen molar-refractivity contribution in [2.75, 3.05) is 13.2 Å². The van der Waals surface area contributed by atoms with E-state index in [-0.39, 0.29) is 6.29 Å². The summed E-state index contributed by atoms with van der Waals surface area (Å²) in [5, 5.41) is 0. The SMILES string of the molecule is CCC=O.CCOC(C)OCC. The molecule has 0 rings (SSSR count). The first kappa shape index (κ1) is 14.1. The van der Waals surface area contributed by atoms with Gasteiger partial charge in [-0.1, -0.05) is 6.92 Å². The van der Waals surface area contributed by atoms with E-state index in [1.807, 2.05) is 27.7 Å². The van der Waals surface area contributed by atoms with E-state index in [1.165, 1.54) is 0 Å². The number of rotatable bonds is 5. The van der Waals surface area contributed by atoms with Crippen LogP contribution in [0.4, 0.5) is 0 Å². The van der Waals surface area contributed by atoms with Crippen molar-refractivity contribution < 1.29 is 14.3 Å². The van der Waals surface area contributed by atoms with Crippen molar-refractivity contribution in [3.8, 4) is 0 Å². The predicted octanol–water partition coefficient (Wildman–Crippen LogP) is 2.00. The number of hydrogen-bond acceptors (Lipinski definition) is 3. The lowest BCUT2D eigenvalue weighted by Crippen LogP contribution is -2.11. The van der Waals surface area contributed by atoms with Gasteiger partial charge >= 0.3 is 0 Å². The minimum atomic E-state index is -0.0370. The molecule has 0 saturated carbocycles. The second-order valence-corrected chi connectivity index (χ2v) is 2.05. The Balaban J connectivity index is 0. The summed E-state index contributed by atoms with van der Waals surface area (Å²) in [4.78, 5) is 9.17. The molecule has 0 aliphatic rings. The van der Waals surface area contributed by atoms with Crippen molar-refractivity contribution in [3.05, 3.63) is 0 Å². The van der Waals surface area contributed by atoms with Crippen LogP contribution in [-0.4, -0.2) is 25.8 Å². The Hall–Kier alpha value is -0.410. The Bertz CT molecular complexity index is 77.8. The van der Waals surface area contributed by atoms with Gasteiger partial charge in [-0.05, 0) is 20.8 Å². The highest BCUT2D eigenvalue weighted by molar-refractivity contribution is 5.48. The summed E-state index contributed by atoms with van der Waals surface area (Å²) in [6.45, 7) is 9.06. The summed E-state index contributed by atoms with van der Waals surface area (Å²) >= 11 is 0. The van der Waals surface area contributed by atoms with Crippen molar-refractivity contribution >= 4 is 6.29 Å². The van der Waals surface area contributed by atoms with Gasteiger partial charge in [0.15, 0.2) is 6.29 Å². The number of aldehydes is 1. The first-order valence-electron chi connectivity index (χ1n) is 4.39. The van der Waals surface area contributed by atoms with Gasteiger partial charge in [-0.25, -0.2) is 0 Å². The van der Waals surface area contributed by atoms with E-state index in [0.717, 1.165) is 19.5 Å². The van der Waals surface area contributed by atoms with Gasteiger partial charge in [0, 0.05) is 19.6 Å². The summed E-state index contributed by atoms with van der Waals surface area (Å²) in [7, 11) is 0. The summed E-state index contributed by atoms with van der Waals surface area (Å²) in [5.41, 5.74) is 0. The Morgan fingerprint density at radius 1 is 1.17 bits per heavy atom. The van der Waals surface area contributed by atoms with Crippen molar-refractivity contribution in [1.29, 1.82) is 0 Å². The minimum Gasteiger partial charge on any atom is -0.353 e. The van der Waals surface area contributed by atoms with E-state index in [4.69, 9.17) is 9.47 Å². The van der Waals surface area contributed by atoms with Crippen LogP contribution >= 0.6 is 0 Å². The van der Waals surface area contributed by atoms with E-state index >= 15 is 0 Å². The molecule has 3 heteroatoms. The van der Waals surface area contributed by atoms with Gasteiger partial charge in [0.1, 0.15) is 6.29 Å². The van der Waals surface area contributed by atoms with Crippen molar-refractivity contribution in [3.63, 3.8) is 0 Å². The first-order valence-corrected chi connectivity index (χ1v) is 4.39. The van der Waals surface area contributed by atoms with Crippen molar-refractivity contribution in [2.45, 2.75) is 40.4 Å². The topological polar surface area (TPSA) is 35.5 Å². The molecule has 0 aliphatic carbocycles. The smallest absolute Gasteiger partial charge is 0.154 e. The second kappa shape index (κ2) is 13.2. The fraction of sp³-hybridized carbons (Fsp3) is 0.889. The maximum absolute atomic E-state index is 9.17. The predicted molar refractivity (Wildman–Crippen MR) is 49.1 cm³/mol. The molecule has 0 bridgehead atoms. The maximum Gasteiger partial charge on any atom is 0.154 e. The summed E-state index contributed by atoms with van der Waals surface area (Å²) in [6.07, 6.45) is 1.48. The third kappa shape index (κ3) is 16.3. The van der Waals surface area contributed by atoms with E-state index in [0.29, 0.717) is 6.42 Å². The Morgan fingerprint density at radius 3 is 1.67 bits per heavy atom. The Morgan fingerprint density at radius 2 is 1.50 bits per heavy atom. The molecule has 0 saturated heterocycles. The highest BCUT2D eigenvalue weighted by Gasteiger charge is 1.94. The largest absolute Gasteiger partial charge is 0.353 e. The Labute approximate surface area is 75.1 Å². The monoisotopic (exact) mass is 176 g/mol. The van der Waals surface area contributed by atoms with Gasteiger partial charge in [0.05, 0.1) is 0 Å². The molecule has 0 heterocycles. The molecule has 74 valence electrons. The summed E-state index contributed by atoms with van der Waals surface area (Å²) in [6, 6.07) is 0. The zero-order valence-electron chi connectivity index (χ0n) is 8.50. The molecule has 0 aliphatic heterocycles. The van der Waals surface area contributed by atoms with Crippen molar-refractivity contribution in [2.24, 2.45) is 0 Å². The minimum absolute atomic E-state index is 0.0370. The fourth-order valence-electron chi connectivity index (χ4n) is 0.518. The molecule has 0 amide bonds. The summed E-state index contributed by atoms with van der Waals surface area (Å²) in [5.74, 6) is 0. The van der Waals surface area contributed by atoms with Crippen LogP contribution in [0.2, 0.25) is 0 Å². The molecule has 0 unspecified atom stereocenters. The zero-order valence-corrected chi connectivity index (χ0v) is 8.50. The third-order valence-electron chi connectivity index (χ3n) is 0.969. The van der Waals surface area contributed by atoms with Crippen LogP contribution in [0.1, 0.15) is 34.1 Å². The average molecular weight is 176 g/mol. The molecule has 3 nitrogen and oxygen atoms in total. The standard InChI is InChI=1S/C6H14O2.C3H6O/c1-4-7-6(3)8-5-2;1-2-3-4/h6H,4-5H2,1-3H3;3H,2H2,1H3. The number of hydrogen-bond donors (Lipinski definition) is 0. The van der Waals surface area contributed by atoms with E-state index < -0.39 is 0 Å². The molecule has 0 N–H and O–H groups in total. The maximum atomic E-state index is 9.17. The van der Waals surface area contributed by atoms with Crippen molar-refractivity contribution in [1.82, 2.24) is 0 Å². The zero-order chi connectivity index (χ0) is 9.82. The highest BCUT2D eigenvalue weighted by atomic mass is 16.7. The summed E-state index contributed by atoms with van der Waals surface area (Å²) < 4.78 is 10.1. The quantitative estimate of drug-likeness (QED) is 0.475. The molecule has 0 radical (unpaired) electrons. The average Bonchev–Trinajstić information content (AvgIpc) is 2.06. The number of carbonyl (C=O) groups excluding carboxylic acids is 1. The molecular weight excluding hydrogens is 156 g/mol. The Kier molecular flexibility index (Phi) is 15.5. The molecular formula is C9H20O3. The molecule has 0 aromatic rings. The lowest BCUT2D eigenvalue weighted by molar-refractivity contribution is -0.123. The van der Waals surface area contributed by atoms with Gasteiger partial charge in [-0.3, -0.25) is 0 Å². The molecule has 0 aromatic heterocycles. The van der Waals surface area contributed by atoms with Crippen LogP contribution < -0.4 is 0 Å². The lowest BCUT2D eigenvalue weighted by atomic mass is 10.6. The van der Waals surface area contributed by atoms with Gasteiger partial charge in [-0.2, -0.15) is 0 Å². The van der Waals surface area contributed by atoms with Crippen LogP contribution in [0, 0.1) is 0 Å². The fourth-order valence-corrected chi connectivity index (χ4v) is 0.518. The van der Waals surface area contributed by atoms with Crippen LogP contribution in [0.3, 0.4) is 0 Å². The third-order valence-corrected chi connectivity index (χ3v) is 0.969. The molecule has 0 fully saturated rings. The number of carbonyl (C=O) groups is 1. The molecule has 0 atom stereocenters. The molecule has 0 spiro atoms. The second-order valence-electron chi connectivity index (χ2n) is 2.05. The molecule has 12 heavy (non-hydrogen) atoms. The normalized spacial score (nSPS) is 9.08. The van der Waals surface area contributed by atoms with E-state index in [9.17, 15) is 4.79 Å². The van der Waals surface area contributed by atoms with E-state index in [2.05, 4.69) is 0 Å². The van der Waals surface area contributed by atoms with Crippen LogP contribution in [0.25, 0.3) is 0 Å². The van der Waals surface area contributed by atoms with Gasteiger partial charge in [-0.15, -0.1) is 0 Å². The van der Waals surface area contributed by atoms with Gasteiger partial charge in [0.25, 0.3) is 0 Å². The van der Waals surface area contributed by atoms with Crippen LogP contribution in [-0.2, 0) is 14.3 Å². The van der Waals surface area contributed by atoms with Gasteiger partial charge < -0.3 is 14.3 Å². The molecule has 0 aromatic carbocycles. The first-order chi connectivity index (χ1) is 5.72. The lowest BCUT2D eigenvalue weighted by Gasteiger charge is -2.09. The van der Waals surface area contributed by atoms with Crippen LogP contribution in [0.5, 0.6) is 0 Å². The van der Waals surface area contributed by atoms with Gasteiger partial charge in [0.2, 0.25) is 0 Å². The van der Waals surface area contributed by atoms with E-state index in [1.54, 1.807) is 0 Å².